The van der Waals surface area contributed by atoms with Crippen molar-refractivity contribution in [3.63, 3.8) is 0 Å². The Balaban J connectivity index is 1.46. The molecule has 15 heteroatoms. The number of fused-ring (bicyclic) bond motifs is 1. The molecule has 0 saturated carbocycles. The molecular weight excluding hydrogens is 605 g/mol. The number of ketones is 1. The Morgan fingerprint density at radius 3 is 2.37 bits per heavy atom. The van der Waals surface area contributed by atoms with E-state index < -0.39 is 35.7 Å². The van der Waals surface area contributed by atoms with Crippen LogP contribution in [0.1, 0.15) is 63.2 Å². The van der Waals surface area contributed by atoms with Gasteiger partial charge in [0.1, 0.15) is 12.3 Å². The number of rotatable bonds is 11. The van der Waals surface area contributed by atoms with Crippen molar-refractivity contribution in [2.24, 2.45) is 24.6 Å². The van der Waals surface area contributed by atoms with Crippen LogP contribution in [0.4, 0.5) is 18.9 Å². The van der Waals surface area contributed by atoms with E-state index in [4.69, 9.17) is 5.73 Å². The highest BCUT2D eigenvalue weighted by Crippen LogP contribution is 2.34. The first-order valence-electron chi connectivity index (χ1n) is 14.9. The van der Waals surface area contributed by atoms with Crippen molar-refractivity contribution in [3.8, 4) is 11.3 Å². The lowest BCUT2D eigenvalue weighted by atomic mass is 9.89. The van der Waals surface area contributed by atoms with Crippen molar-refractivity contribution in [1.29, 1.82) is 0 Å². The molecule has 246 valence electrons. The molecule has 1 aliphatic rings. The third kappa shape index (κ3) is 7.30. The molecule has 0 aliphatic carbocycles. The van der Waals surface area contributed by atoms with E-state index >= 15 is 0 Å². The van der Waals surface area contributed by atoms with Gasteiger partial charge in [-0.15, -0.1) is 0 Å². The third-order valence-corrected chi connectivity index (χ3v) is 8.50. The van der Waals surface area contributed by atoms with Crippen molar-refractivity contribution in [1.82, 2.24) is 33.6 Å². The maximum absolute atomic E-state index is 13.7. The summed E-state index contributed by atoms with van der Waals surface area (Å²) >= 11 is 0. The van der Waals surface area contributed by atoms with Gasteiger partial charge in [0.05, 0.1) is 43.1 Å². The molecule has 0 aromatic carbocycles. The van der Waals surface area contributed by atoms with Gasteiger partial charge in [-0.3, -0.25) is 28.4 Å². The molecule has 46 heavy (non-hydrogen) atoms. The summed E-state index contributed by atoms with van der Waals surface area (Å²) in [5.41, 5.74) is 6.29. The van der Waals surface area contributed by atoms with Gasteiger partial charge in [-0.25, -0.2) is 24.3 Å². The average Bonchev–Trinajstić information content (AvgIpc) is 3.14. The smallest absolute Gasteiger partial charge is 0.368 e. The fourth-order valence-corrected chi connectivity index (χ4v) is 5.85. The van der Waals surface area contributed by atoms with Crippen LogP contribution in [0.25, 0.3) is 11.3 Å². The zero-order valence-corrected chi connectivity index (χ0v) is 26.4. The molecule has 3 aromatic rings. The molecule has 4 heterocycles. The van der Waals surface area contributed by atoms with E-state index in [1.807, 2.05) is 40.1 Å². The lowest BCUT2D eigenvalue weighted by Crippen LogP contribution is -2.52. The summed E-state index contributed by atoms with van der Waals surface area (Å²) in [6.07, 6.45) is 6.20. The van der Waals surface area contributed by atoms with Gasteiger partial charge in [0.25, 0.3) is 0 Å². The first-order chi connectivity index (χ1) is 21.5. The van der Waals surface area contributed by atoms with Crippen LogP contribution < -0.4 is 21.5 Å². The van der Waals surface area contributed by atoms with Crippen LogP contribution in [0.2, 0.25) is 0 Å². The highest BCUT2D eigenvalue weighted by atomic mass is 19.4. The highest BCUT2D eigenvalue weighted by molar-refractivity contribution is 5.82. The Kier molecular flexibility index (Phi) is 10.0. The van der Waals surface area contributed by atoms with E-state index in [-0.39, 0.29) is 33.6 Å². The maximum atomic E-state index is 13.7. The maximum Gasteiger partial charge on any atom is 0.451 e. The average molecular weight is 644 g/mol. The summed E-state index contributed by atoms with van der Waals surface area (Å²) in [6.45, 7) is 5.46. The number of nitrogens with two attached hydrogens (primary N) is 1. The van der Waals surface area contributed by atoms with Crippen LogP contribution in [-0.4, -0.2) is 54.4 Å². The molecule has 1 aliphatic heterocycles. The van der Waals surface area contributed by atoms with Crippen LogP contribution in [0.5, 0.6) is 0 Å². The van der Waals surface area contributed by atoms with Crippen molar-refractivity contribution < 1.29 is 22.8 Å². The second-order valence-corrected chi connectivity index (χ2v) is 12.2. The van der Waals surface area contributed by atoms with Crippen molar-refractivity contribution >= 4 is 17.4 Å². The Morgan fingerprint density at radius 1 is 1.09 bits per heavy atom. The third-order valence-electron chi connectivity index (χ3n) is 8.50. The first kappa shape index (κ1) is 34.3. The van der Waals surface area contributed by atoms with Gasteiger partial charge in [0, 0.05) is 55.4 Å². The number of amides is 1. The number of primary amides is 1. The molecule has 0 radical (unpaired) electrons. The standard InChI is InChI=1S/C31H37F3N8O4/c1-18-7-6-11-42(5,26-25(18)40(4)30(46)41(28(26)45)17-24(35)43)12-10-20(3)27(44)19(2)8-9-22-15-36-16-23(39-22)21-13-37-29(38-14-21)31(32,33)34/h6,11,13-16,18-20H,7-10,12,17H2,1-5H3,(H-,35,43)/p+1/t18?,19?,20-,42?/m1/s1. The summed E-state index contributed by atoms with van der Waals surface area (Å²) in [6, 6.07) is 0. The lowest BCUT2D eigenvalue weighted by molar-refractivity contribution is -0.145. The van der Waals surface area contributed by atoms with Gasteiger partial charge >= 0.3 is 17.4 Å². The summed E-state index contributed by atoms with van der Waals surface area (Å²) in [5.74, 6) is -2.83. The van der Waals surface area contributed by atoms with Gasteiger partial charge in [-0.05, 0) is 25.3 Å². The van der Waals surface area contributed by atoms with Crippen molar-refractivity contribution in [3.05, 3.63) is 75.1 Å². The molecular formula is C31H38F3N8O4+. The monoisotopic (exact) mass is 643 g/mol. The van der Waals surface area contributed by atoms with Crippen LogP contribution in [0.3, 0.4) is 0 Å². The van der Waals surface area contributed by atoms with E-state index in [0.29, 0.717) is 55.0 Å². The molecule has 0 saturated heterocycles. The number of allylic oxidation sites excluding steroid dienone is 1. The molecule has 3 unspecified atom stereocenters. The predicted molar refractivity (Wildman–Crippen MR) is 164 cm³/mol. The van der Waals surface area contributed by atoms with E-state index in [1.165, 1.54) is 10.8 Å². The molecule has 4 rings (SSSR count). The number of hydrogen-bond acceptors (Lipinski definition) is 8. The van der Waals surface area contributed by atoms with Gasteiger partial charge in [0.15, 0.2) is 0 Å². The summed E-state index contributed by atoms with van der Waals surface area (Å²) in [4.78, 5) is 67.1. The second kappa shape index (κ2) is 13.4. The molecule has 12 nitrogen and oxygen atoms in total. The molecule has 2 N–H and O–H groups in total. The molecule has 4 atom stereocenters. The number of nitrogens with zero attached hydrogens (tertiary/aromatic N) is 7. The van der Waals surface area contributed by atoms with E-state index in [9.17, 15) is 32.3 Å². The van der Waals surface area contributed by atoms with Gasteiger partial charge < -0.3 is 5.73 Å². The van der Waals surface area contributed by atoms with Crippen LogP contribution in [0, 0.1) is 11.8 Å². The number of hydrogen-bond donors (Lipinski definition) is 1. The van der Waals surface area contributed by atoms with E-state index in [1.54, 1.807) is 13.2 Å². The highest BCUT2D eigenvalue weighted by Gasteiger charge is 2.38. The SMILES string of the molecule is CC(CCc1cncc(-c2cnc(C(F)(F)F)nc2)n1)C(=O)[C@H](C)CC[N+]1(C)C=CCC(C)c2c1c(=O)n(CC(N)=O)c(=O)n2C. The van der Waals surface area contributed by atoms with Crippen molar-refractivity contribution in [2.45, 2.75) is 65.1 Å². The quantitative estimate of drug-likeness (QED) is 0.313. The lowest BCUT2D eigenvalue weighted by Gasteiger charge is -2.32. The van der Waals surface area contributed by atoms with Gasteiger partial charge in [-0.1, -0.05) is 20.8 Å². The number of carbonyl (C=O) groups is 2. The Morgan fingerprint density at radius 2 is 1.74 bits per heavy atom. The Bertz CT molecular complexity index is 1770. The van der Waals surface area contributed by atoms with Crippen LogP contribution in [0.15, 0.2) is 46.7 Å². The normalized spacial score (nSPS) is 19.3. The number of aryl methyl sites for hydroxylation is 1. The fourth-order valence-electron chi connectivity index (χ4n) is 5.85. The summed E-state index contributed by atoms with van der Waals surface area (Å²) < 4.78 is 40.7. The first-order valence-corrected chi connectivity index (χ1v) is 14.9. The van der Waals surface area contributed by atoms with Crippen molar-refractivity contribution in [2.75, 3.05) is 13.6 Å². The molecule has 0 spiro atoms. The Labute approximate surface area is 263 Å². The zero-order chi connectivity index (χ0) is 34.0. The summed E-state index contributed by atoms with van der Waals surface area (Å²) in [5, 5.41) is 0. The van der Waals surface area contributed by atoms with Gasteiger partial charge in [0.2, 0.25) is 17.4 Å². The molecule has 0 bridgehead atoms. The minimum absolute atomic E-state index is 0.0332. The van der Waals surface area contributed by atoms with E-state index in [0.717, 1.165) is 17.0 Å². The zero-order valence-electron chi connectivity index (χ0n) is 26.4. The molecule has 3 aromatic heterocycles. The number of halogens is 3. The predicted octanol–water partition coefficient (Wildman–Crippen LogP) is 3.12. The minimum Gasteiger partial charge on any atom is -0.368 e. The van der Waals surface area contributed by atoms with E-state index in [2.05, 4.69) is 19.9 Å². The topological polar surface area (TPSA) is 156 Å². The molecule has 0 fully saturated rings. The number of aromatic nitrogens is 6. The largest absolute Gasteiger partial charge is 0.451 e. The Hall–Kier alpha value is -4.53. The van der Waals surface area contributed by atoms with Crippen LogP contribution in [-0.2, 0) is 35.8 Å². The van der Waals surface area contributed by atoms with Crippen LogP contribution >= 0.6 is 0 Å². The number of carbonyl (C=O) groups excluding carboxylic acids is 2. The summed E-state index contributed by atoms with van der Waals surface area (Å²) in [7, 11) is 3.43. The number of Topliss-reactive ketones (excluding diaryl/α,β-unsaturated/α-hetero) is 1. The number of quaternary nitrogens is 1. The number of alkyl halides is 3. The molecule has 1 amide bonds. The second-order valence-electron chi connectivity index (χ2n) is 12.2. The fraction of sp³-hybridized carbons (Fsp3) is 0.484. The minimum atomic E-state index is -4.65. The van der Waals surface area contributed by atoms with Gasteiger partial charge in [-0.2, -0.15) is 13.2 Å².